The minimum Gasteiger partial charge on any atom is -0.493 e. The second-order valence-corrected chi connectivity index (χ2v) is 2.65. The van der Waals surface area contributed by atoms with Gasteiger partial charge in [-0.25, -0.2) is 4.79 Å². The molecule has 3 nitrogen and oxygen atoms in total. The van der Waals surface area contributed by atoms with Gasteiger partial charge in [-0.1, -0.05) is 30.3 Å². The van der Waals surface area contributed by atoms with E-state index in [0.29, 0.717) is 12.4 Å². The van der Waals surface area contributed by atoms with Crippen molar-refractivity contribution in [3.63, 3.8) is 0 Å². The molecule has 0 atom stereocenters. The van der Waals surface area contributed by atoms with Crippen molar-refractivity contribution < 1.29 is 14.6 Å². The Morgan fingerprint density at radius 1 is 1.43 bits per heavy atom. The van der Waals surface area contributed by atoms with E-state index in [1.807, 2.05) is 37.3 Å². The lowest BCUT2D eigenvalue weighted by Gasteiger charge is -2.07. The molecule has 0 radical (unpaired) electrons. The van der Waals surface area contributed by atoms with E-state index in [-0.39, 0.29) is 0 Å². The molecule has 1 N–H and O–H groups in total. The topological polar surface area (TPSA) is 46.5 Å². The van der Waals surface area contributed by atoms with Crippen molar-refractivity contribution in [2.24, 2.45) is 0 Å². The molecule has 3 heteroatoms. The normalized spacial score (nSPS) is 11.1. The summed E-state index contributed by atoms with van der Waals surface area (Å²) in [6.07, 6.45) is 1.07. The quantitative estimate of drug-likeness (QED) is 0.587. The van der Waals surface area contributed by atoms with Crippen molar-refractivity contribution in [3.8, 4) is 0 Å². The van der Waals surface area contributed by atoms with Gasteiger partial charge < -0.3 is 9.84 Å². The van der Waals surface area contributed by atoms with Crippen molar-refractivity contribution >= 4 is 11.7 Å². The first-order chi connectivity index (χ1) is 6.74. The summed E-state index contributed by atoms with van der Waals surface area (Å²) in [5, 5.41) is 8.62. The summed E-state index contributed by atoms with van der Waals surface area (Å²) in [4.78, 5) is 10.5. The van der Waals surface area contributed by atoms with Crippen LogP contribution in [0, 0.1) is 0 Å². The van der Waals surface area contributed by atoms with E-state index < -0.39 is 5.97 Å². The van der Waals surface area contributed by atoms with Crippen LogP contribution < -0.4 is 0 Å². The molecule has 0 aromatic heterocycles. The zero-order valence-electron chi connectivity index (χ0n) is 7.93. The fraction of sp³-hybridized carbons (Fsp3) is 0.182. The summed E-state index contributed by atoms with van der Waals surface area (Å²) >= 11 is 0. The summed E-state index contributed by atoms with van der Waals surface area (Å²) in [5.74, 6) is -0.613. The van der Waals surface area contributed by atoms with Crippen LogP contribution >= 0.6 is 0 Å². The molecule has 74 valence electrons. The Hall–Kier alpha value is -1.77. The molecule has 1 rings (SSSR count). The van der Waals surface area contributed by atoms with Gasteiger partial charge in [0.1, 0.15) is 5.76 Å². The van der Waals surface area contributed by atoms with Gasteiger partial charge in [0.15, 0.2) is 0 Å². The number of hydrogen-bond donors (Lipinski definition) is 1. The summed E-state index contributed by atoms with van der Waals surface area (Å²) in [6, 6.07) is 9.16. The standard InChI is InChI=1S/C11H12O3/c1-2-14-10(8-11(12)13)9-6-4-3-5-7-9/h3-8H,2H2,1H3,(H,12,13). The third-order valence-corrected chi connectivity index (χ3v) is 1.61. The maximum atomic E-state index is 10.5. The minimum absolute atomic E-state index is 0.389. The van der Waals surface area contributed by atoms with Crippen molar-refractivity contribution in [3.05, 3.63) is 42.0 Å². The average molecular weight is 192 g/mol. The Morgan fingerprint density at radius 2 is 2.07 bits per heavy atom. The Labute approximate surface area is 82.6 Å². The van der Waals surface area contributed by atoms with Crippen LogP contribution in [0.5, 0.6) is 0 Å². The van der Waals surface area contributed by atoms with E-state index in [4.69, 9.17) is 9.84 Å². The highest BCUT2D eigenvalue weighted by molar-refractivity contribution is 5.88. The summed E-state index contributed by atoms with van der Waals surface area (Å²) in [7, 11) is 0. The Bertz CT molecular complexity index is 328. The molecule has 0 spiro atoms. The molecule has 0 amide bonds. The number of carboxylic acids is 1. The molecular weight excluding hydrogens is 180 g/mol. The molecule has 0 bridgehead atoms. The van der Waals surface area contributed by atoms with Gasteiger partial charge in [0.25, 0.3) is 0 Å². The highest BCUT2D eigenvalue weighted by atomic mass is 16.5. The van der Waals surface area contributed by atoms with E-state index in [0.717, 1.165) is 11.6 Å². The second kappa shape index (κ2) is 5.07. The van der Waals surface area contributed by atoms with Crippen molar-refractivity contribution in [2.45, 2.75) is 6.92 Å². The predicted octanol–water partition coefficient (Wildman–Crippen LogP) is 2.15. The van der Waals surface area contributed by atoms with Gasteiger partial charge in [-0.05, 0) is 6.92 Å². The lowest BCUT2D eigenvalue weighted by molar-refractivity contribution is -0.131. The van der Waals surface area contributed by atoms with E-state index in [9.17, 15) is 4.79 Å². The second-order valence-electron chi connectivity index (χ2n) is 2.65. The maximum Gasteiger partial charge on any atom is 0.332 e. The summed E-state index contributed by atoms with van der Waals surface area (Å²) in [5.41, 5.74) is 0.775. The third kappa shape index (κ3) is 2.94. The monoisotopic (exact) mass is 192 g/mol. The molecule has 0 aliphatic rings. The number of aliphatic carboxylic acids is 1. The van der Waals surface area contributed by atoms with E-state index in [2.05, 4.69) is 0 Å². The molecule has 0 unspecified atom stereocenters. The van der Waals surface area contributed by atoms with Crippen LogP contribution in [-0.4, -0.2) is 17.7 Å². The first kappa shape index (κ1) is 10.3. The first-order valence-corrected chi connectivity index (χ1v) is 4.37. The number of benzene rings is 1. The molecule has 0 saturated carbocycles. The van der Waals surface area contributed by atoms with Gasteiger partial charge in [-0.15, -0.1) is 0 Å². The molecule has 0 fully saturated rings. The van der Waals surface area contributed by atoms with E-state index in [1.54, 1.807) is 0 Å². The number of ether oxygens (including phenoxy) is 1. The molecule has 14 heavy (non-hydrogen) atoms. The number of hydrogen-bond acceptors (Lipinski definition) is 2. The van der Waals surface area contributed by atoms with Gasteiger partial charge in [0.05, 0.1) is 12.7 Å². The van der Waals surface area contributed by atoms with Crippen LogP contribution in [0.2, 0.25) is 0 Å². The largest absolute Gasteiger partial charge is 0.493 e. The highest BCUT2D eigenvalue weighted by Crippen LogP contribution is 2.14. The minimum atomic E-state index is -1.00. The molecule has 0 heterocycles. The van der Waals surface area contributed by atoms with E-state index >= 15 is 0 Å². The maximum absolute atomic E-state index is 10.5. The number of carbonyl (C=O) groups is 1. The Kier molecular flexibility index (Phi) is 3.73. The highest BCUT2D eigenvalue weighted by Gasteiger charge is 2.03. The zero-order chi connectivity index (χ0) is 10.4. The average Bonchev–Trinajstić information content (AvgIpc) is 2.18. The molecule has 1 aromatic carbocycles. The van der Waals surface area contributed by atoms with Gasteiger partial charge in [0.2, 0.25) is 0 Å². The summed E-state index contributed by atoms with van der Waals surface area (Å²) in [6.45, 7) is 2.27. The molecular formula is C11H12O3. The fourth-order valence-corrected chi connectivity index (χ4v) is 1.08. The Morgan fingerprint density at radius 3 is 2.57 bits per heavy atom. The van der Waals surface area contributed by atoms with Crippen molar-refractivity contribution in [1.29, 1.82) is 0 Å². The molecule has 0 aliphatic carbocycles. The van der Waals surface area contributed by atoms with E-state index in [1.165, 1.54) is 0 Å². The van der Waals surface area contributed by atoms with Crippen LogP contribution in [0.25, 0.3) is 5.76 Å². The van der Waals surface area contributed by atoms with Crippen LogP contribution in [-0.2, 0) is 9.53 Å². The first-order valence-electron chi connectivity index (χ1n) is 4.37. The Balaban J connectivity index is 2.94. The molecule has 0 aliphatic heterocycles. The summed E-state index contributed by atoms with van der Waals surface area (Å²) < 4.78 is 5.22. The fourth-order valence-electron chi connectivity index (χ4n) is 1.08. The van der Waals surface area contributed by atoms with Gasteiger partial charge in [0, 0.05) is 5.56 Å². The van der Waals surface area contributed by atoms with Crippen LogP contribution in [0.15, 0.2) is 36.4 Å². The number of carboxylic acid groups (broad SMARTS) is 1. The smallest absolute Gasteiger partial charge is 0.332 e. The van der Waals surface area contributed by atoms with Crippen LogP contribution in [0.1, 0.15) is 12.5 Å². The van der Waals surface area contributed by atoms with Crippen molar-refractivity contribution in [2.75, 3.05) is 6.61 Å². The molecule has 1 aromatic rings. The van der Waals surface area contributed by atoms with Crippen LogP contribution in [0.3, 0.4) is 0 Å². The van der Waals surface area contributed by atoms with Crippen molar-refractivity contribution in [1.82, 2.24) is 0 Å². The lowest BCUT2D eigenvalue weighted by Crippen LogP contribution is -1.96. The SMILES string of the molecule is CCOC(=CC(=O)O)c1ccccc1. The lowest BCUT2D eigenvalue weighted by atomic mass is 10.2. The number of rotatable bonds is 4. The van der Waals surface area contributed by atoms with Crippen LogP contribution in [0.4, 0.5) is 0 Å². The van der Waals surface area contributed by atoms with Gasteiger partial charge >= 0.3 is 5.97 Å². The van der Waals surface area contributed by atoms with Gasteiger partial charge in [-0.2, -0.15) is 0 Å². The third-order valence-electron chi connectivity index (χ3n) is 1.61. The zero-order valence-corrected chi connectivity index (χ0v) is 7.93. The van der Waals surface area contributed by atoms with Gasteiger partial charge in [-0.3, -0.25) is 0 Å². The predicted molar refractivity (Wildman–Crippen MR) is 53.7 cm³/mol. The molecule has 0 saturated heterocycles.